The fourth-order valence-electron chi connectivity index (χ4n) is 1.88. The van der Waals surface area contributed by atoms with Crippen molar-refractivity contribution >= 4 is 12.0 Å². The zero-order valence-electron chi connectivity index (χ0n) is 10.3. The van der Waals surface area contributed by atoms with E-state index in [1.807, 2.05) is 7.05 Å². The van der Waals surface area contributed by atoms with Gasteiger partial charge in [-0.15, -0.1) is 0 Å². The molecule has 90 valence electrons. The summed E-state index contributed by atoms with van der Waals surface area (Å²) in [5.74, 6) is 0.617. The number of hydrogen-bond acceptors (Lipinski definition) is 3. The van der Waals surface area contributed by atoms with Gasteiger partial charge in [-0.05, 0) is 44.0 Å². The van der Waals surface area contributed by atoms with Gasteiger partial charge in [0.2, 0.25) is 0 Å². The highest BCUT2D eigenvalue weighted by molar-refractivity contribution is 7.94. The second kappa shape index (κ2) is 7.71. The van der Waals surface area contributed by atoms with Crippen LogP contribution in [0.1, 0.15) is 31.2 Å². The van der Waals surface area contributed by atoms with Crippen molar-refractivity contribution in [2.45, 2.75) is 30.6 Å². The average molecular weight is 239 g/mol. The van der Waals surface area contributed by atoms with Crippen LogP contribution in [0.3, 0.4) is 0 Å². The molecular weight excluding hydrogens is 218 g/mol. The summed E-state index contributed by atoms with van der Waals surface area (Å²) in [4.78, 5) is 1.24. The van der Waals surface area contributed by atoms with Crippen molar-refractivity contribution in [3.63, 3.8) is 0 Å². The van der Waals surface area contributed by atoms with Crippen molar-refractivity contribution in [2.75, 3.05) is 20.7 Å². The summed E-state index contributed by atoms with van der Waals surface area (Å²) in [6, 6.07) is 8.52. The molecule has 1 aromatic rings. The summed E-state index contributed by atoms with van der Waals surface area (Å²) in [6.07, 6.45) is 2.34. The van der Waals surface area contributed by atoms with Gasteiger partial charge in [-0.2, -0.15) is 0 Å². The molecule has 0 aliphatic carbocycles. The van der Waals surface area contributed by atoms with Gasteiger partial charge in [0, 0.05) is 16.9 Å². The first-order valence-corrected chi connectivity index (χ1v) is 6.51. The SMILES string of the molecule is CCC(CCNC)c1ccccc1SOC. The molecule has 0 saturated heterocycles. The maximum absolute atomic E-state index is 5.17. The van der Waals surface area contributed by atoms with E-state index in [2.05, 4.69) is 36.5 Å². The number of benzene rings is 1. The van der Waals surface area contributed by atoms with Crippen LogP contribution in [0.2, 0.25) is 0 Å². The van der Waals surface area contributed by atoms with Crippen LogP contribution in [-0.2, 0) is 4.18 Å². The molecule has 1 aromatic carbocycles. The van der Waals surface area contributed by atoms with Crippen molar-refractivity contribution in [3.8, 4) is 0 Å². The Hall–Kier alpha value is -0.510. The normalized spacial score (nSPS) is 12.7. The maximum atomic E-state index is 5.17. The van der Waals surface area contributed by atoms with E-state index in [9.17, 15) is 0 Å². The van der Waals surface area contributed by atoms with Crippen LogP contribution in [0, 0.1) is 0 Å². The minimum Gasteiger partial charge on any atom is -0.320 e. The second-order valence-electron chi connectivity index (χ2n) is 3.79. The molecule has 3 heteroatoms. The minimum absolute atomic E-state index is 0.617. The van der Waals surface area contributed by atoms with Gasteiger partial charge in [0.25, 0.3) is 0 Å². The van der Waals surface area contributed by atoms with E-state index in [0.717, 1.165) is 6.54 Å². The summed E-state index contributed by atoms with van der Waals surface area (Å²) in [5.41, 5.74) is 1.41. The molecule has 1 N–H and O–H groups in total. The third-order valence-corrected chi connectivity index (χ3v) is 3.49. The molecule has 0 radical (unpaired) electrons. The first-order chi connectivity index (χ1) is 7.83. The van der Waals surface area contributed by atoms with Crippen molar-refractivity contribution in [1.82, 2.24) is 5.32 Å². The summed E-state index contributed by atoms with van der Waals surface area (Å²) in [7, 11) is 3.72. The van der Waals surface area contributed by atoms with E-state index in [1.54, 1.807) is 7.11 Å². The standard InChI is InChI=1S/C13H21NOS/c1-4-11(9-10-14-2)12-7-5-6-8-13(12)16-15-3/h5-8,11,14H,4,9-10H2,1-3H3. The van der Waals surface area contributed by atoms with Crippen LogP contribution in [0.4, 0.5) is 0 Å². The summed E-state index contributed by atoms with van der Waals surface area (Å²) < 4.78 is 5.17. The van der Waals surface area contributed by atoms with E-state index < -0.39 is 0 Å². The molecule has 16 heavy (non-hydrogen) atoms. The van der Waals surface area contributed by atoms with E-state index in [-0.39, 0.29) is 0 Å². The molecule has 1 atom stereocenters. The van der Waals surface area contributed by atoms with Crippen LogP contribution in [0.15, 0.2) is 29.2 Å². The van der Waals surface area contributed by atoms with Gasteiger partial charge in [-0.3, -0.25) is 0 Å². The molecule has 0 aliphatic rings. The maximum Gasteiger partial charge on any atom is 0.0508 e. The predicted molar refractivity (Wildman–Crippen MR) is 70.9 cm³/mol. The Morgan fingerprint density at radius 1 is 1.38 bits per heavy atom. The van der Waals surface area contributed by atoms with Gasteiger partial charge in [0.05, 0.1) is 7.11 Å². The smallest absolute Gasteiger partial charge is 0.0508 e. The summed E-state index contributed by atoms with van der Waals surface area (Å²) in [6.45, 7) is 3.30. The topological polar surface area (TPSA) is 21.3 Å². The monoisotopic (exact) mass is 239 g/mol. The first-order valence-electron chi connectivity index (χ1n) is 5.77. The Labute approximate surface area is 103 Å². The molecule has 0 bridgehead atoms. The molecular formula is C13H21NOS. The fourth-order valence-corrected chi connectivity index (χ4v) is 2.53. The molecule has 1 unspecified atom stereocenters. The van der Waals surface area contributed by atoms with Gasteiger partial charge in [-0.1, -0.05) is 25.1 Å². The van der Waals surface area contributed by atoms with Crippen molar-refractivity contribution < 1.29 is 4.18 Å². The third kappa shape index (κ3) is 3.81. The van der Waals surface area contributed by atoms with Gasteiger partial charge >= 0.3 is 0 Å². The number of hydrogen-bond donors (Lipinski definition) is 1. The molecule has 2 nitrogen and oxygen atoms in total. The second-order valence-corrected chi connectivity index (χ2v) is 4.73. The quantitative estimate of drug-likeness (QED) is 0.736. The van der Waals surface area contributed by atoms with Crippen LogP contribution in [0.5, 0.6) is 0 Å². The van der Waals surface area contributed by atoms with Crippen LogP contribution in [0.25, 0.3) is 0 Å². The van der Waals surface area contributed by atoms with Crippen LogP contribution >= 0.6 is 12.0 Å². The number of rotatable bonds is 7. The molecule has 0 fully saturated rings. The summed E-state index contributed by atoms with van der Waals surface area (Å²) in [5, 5.41) is 3.22. The molecule has 0 saturated carbocycles. The predicted octanol–water partition coefficient (Wildman–Crippen LogP) is 3.44. The Balaban J connectivity index is 2.81. The highest BCUT2D eigenvalue weighted by Gasteiger charge is 2.13. The zero-order valence-corrected chi connectivity index (χ0v) is 11.1. The van der Waals surface area contributed by atoms with Crippen LogP contribution in [-0.4, -0.2) is 20.7 Å². The Kier molecular flexibility index (Phi) is 6.53. The fraction of sp³-hybridized carbons (Fsp3) is 0.538. The van der Waals surface area contributed by atoms with E-state index in [1.165, 1.54) is 35.3 Å². The lowest BCUT2D eigenvalue weighted by molar-refractivity contribution is 0.487. The Morgan fingerprint density at radius 3 is 2.75 bits per heavy atom. The van der Waals surface area contributed by atoms with E-state index >= 15 is 0 Å². The average Bonchev–Trinajstić information content (AvgIpc) is 2.32. The van der Waals surface area contributed by atoms with Crippen molar-refractivity contribution in [2.24, 2.45) is 0 Å². The lowest BCUT2D eigenvalue weighted by Crippen LogP contribution is -2.12. The lowest BCUT2D eigenvalue weighted by Gasteiger charge is -2.18. The van der Waals surface area contributed by atoms with Gasteiger partial charge in [0.1, 0.15) is 0 Å². The van der Waals surface area contributed by atoms with Gasteiger partial charge < -0.3 is 9.50 Å². The first kappa shape index (κ1) is 13.6. The zero-order chi connectivity index (χ0) is 11.8. The van der Waals surface area contributed by atoms with Crippen molar-refractivity contribution in [3.05, 3.63) is 29.8 Å². The Bertz CT molecular complexity index is 304. The molecule has 0 aromatic heterocycles. The number of nitrogens with one attached hydrogen (secondary N) is 1. The largest absolute Gasteiger partial charge is 0.320 e. The van der Waals surface area contributed by atoms with Crippen molar-refractivity contribution in [1.29, 1.82) is 0 Å². The van der Waals surface area contributed by atoms with Crippen LogP contribution < -0.4 is 5.32 Å². The van der Waals surface area contributed by atoms with E-state index in [4.69, 9.17) is 4.18 Å². The Morgan fingerprint density at radius 2 is 2.12 bits per heavy atom. The molecule has 0 spiro atoms. The molecule has 0 amide bonds. The molecule has 0 heterocycles. The van der Waals surface area contributed by atoms with Gasteiger partial charge in [0.15, 0.2) is 0 Å². The molecule has 0 aliphatic heterocycles. The minimum atomic E-state index is 0.617. The lowest BCUT2D eigenvalue weighted by atomic mass is 9.93. The summed E-state index contributed by atoms with van der Waals surface area (Å²) >= 11 is 1.46. The highest BCUT2D eigenvalue weighted by Crippen LogP contribution is 2.32. The highest BCUT2D eigenvalue weighted by atomic mass is 32.2. The van der Waals surface area contributed by atoms with E-state index in [0.29, 0.717) is 5.92 Å². The third-order valence-electron chi connectivity index (χ3n) is 2.77. The van der Waals surface area contributed by atoms with Gasteiger partial charge in [-0.25, -0.2) is 0 Å². The molecule has 1 rings (SSSR count).